The van der Waals surface area contributed by atoms with Crippen molar-refractivity contribution in [2.45, 2.75) is 33.1 Å². The van der Waals surface area contributed by atoms with Crippen LogP contribution in [0.4, 0.5) is 21.9 Å². The molecule has 1 aliphatic rings. The fourth-order valence-corrected chi connectivity index (χ4v) is 3.84. The first-order chi connectivity index (χ1) is 17.0. The van der Waals surface area contributed by atoms with Crippen LogP contribution in [-0.2, 0) is 9.47 Å². The Balaban J connectivity index is 1.66. The summed E-state index contributed by atoms with van der Waals surface area (Å²) in [5.41, 5.74) is 2.84. The molecule has 1 heterocycles. The number of benzene rings is 2. The number of urea groups is 1. The van der Waals surface area contributed by atoms with E-state index in [9.17, 15) is 14.4 Å². The van der Waals surface area contributed by atoms with E-state index in [0.29, 0.717) is 48.9 Å². The van der Waals surface area contributed by atoms with Crippen LogP contribution in [0, 0.1) is 0 Å². The number of amides is 3. The monoisotopic (exact) mass is 482 g/mol. The van der Waals surface area contributed by atoms with Crippen LogP contribution in [0.15, 0.2) is 42.5 Å². The van der Waals surface area contributed by atoms with E-state index in [1.807, 2.05) is 13.0 Å². The predicted octanol–water partition coefficient (Wildman–Crippen LogP) is 4.26. The molecule has 2 aromatic carbocycles. The van der Waals surface area contributed by atoms with Gasteiger partial charge in [0.25, 0.3) is 5.91 Å². The summed E-state index contributed by atoms with van der Waals surface area (Å²) < 4.78 is 10.3. The van der Waals surface area contributed by atoms with Crippen LogP contribution in [0.25, 0.3) is 0 Å². The van der Waals surface area contributed by atoms with Gasteiger partial charge in [0.2, 0.25) is 0 Å². The fraction of sp³-hybridized carbons (Fsp3) is 0.423. The molecular formula is C26H34N4O5. The average molecular weight is 483 g/mol. The maximum Gasteiger partial charge on any atom is 0.338 e. The van der Waals surface area contributed by atoms with Crippen LogP contribution in [0.2, 0.25) is 0 Å². The molecule has 0 spiro atoms. The lowest BCUT2D eigenvalue weighted by atomic mass is 10.1. The van der Waals surface area contributed by atoms with E-state index >= 15 is 0 Å². The van der Waals surface area contributed by atoms with Crippen LogP contribution >= 0.6 is 0 Å². The molecule has 0 aliphatic carbocycles. The third-order valence-electron chi connectivity index (χ3n) is 5.55. The number of anilines is 3. The number of hydrogen-bond acceptors (Lipinski definition) is 6. The van der Waals surface area contributed by atoms with E-state index in [-0.39, 0.29) is 5.91 Å². The smallest absolute Gasteiger partial charge is 0.338 e. The molecule has 0 saturated carbocycles. The lowest BCUT2D eigenvalue weighted by Crippen LogP contribution is -2.29. The zero-order valence-corrected chi connectivity index (χ0v) is 20.4. The normalized spacial score (nSPS) is 12.8. The number of hydrogen-bond donors (Lipinski definition) is 3. The summed E-state index contributed by atoms with van der Waals surface area (Å²) in [4.78, 5) is 39.5. The molecule has 9 heteroatoms. The van der Waals surface area contributed by atoms with Crippen LogP contribution < -0.4 is 20.9 Å². The number of esters is 1. The van der Waals surface area contributed by atoms with Crippen LogP contribution in [0.1, 0.15) is 53.8 Å². The van der Waals surface area contributed by atoms with Crippen molar-refractivity contribution < 1.29 is 23.9 Å². The summed E-state index contributed by atoms with van der Waals surface area (Å²) in [5, 5.41) is 8.47. The zero-order valence-electron chi connectivity index (χ0n) is 20.4. The number of carbonyl (C=O) groups excluding carboxylic acids is 3. The SMILES string of the molecule is CCOCCCNC(=O)c1cc(NC(=O)Nc2ccc(C(=O)OCC)cc2)ccc1N1CCCC1. The molecule has 3 rings (SSSR count). The van der Waals surface area contributed by atoms with Crippen molar-refractivity contribution in [3.05, 3.63) is 53.6 Å². The van der Waals surface area contributed by atoms with Crippen LogP contribution in [0.3, 0.4) is 0 Å². The van der Waals surface area contributed by atoms with Crippen molar-refractivity contribution in [1.82, 2.24) is 5.32 Å². The minimum Gasteiger partial charge on any atom is -0.462 e. The molecule has 0 radical (unpaired) electrons. The summed E-state index contributed by atoms with van der Waals surface area (Å²) in [7, 11) is 0. The van der Waals surface area contributed by atoms with Gasteiger partial charge < -0.3 is 30.3 Å². The second-order valence-corrected chi connectivity index (χ2v) is 8.11. The molecule has 3 N–H and O–H groups in total. The van der Waals surface area contributed by atoms with Gasteiger partial charge in [-0.15, -0.1) is 0 Å². The van der Waals surface area contributed by atoms with Crippen molar-refractivity contribution in [3.8, 4) is 0 Å². The Bertz CT molecular complexity index is 1000. The molecule has 0 aromatic heterocycles. The second-order valence-electron chi connectivity index (χ2n) is 8.11. The quantitative estimate of drug-likeness (QED) is 0.326. The van der Waals surface area contributed by atoms with Crippen molar-refractivity contribution >= 4 is 35.0 Å². The van der Waals surface area contributed by atoms with Gasteiger partial charge in [0, 0.05) is 49.9 Å². The molecular weight excluding hydrogens is 448 g/mol. The minimum atomic E-state index is -0.453. The lowest BCUT2D eigenvalue weighted by molar-refractivity contribution is 0.0526. The molecule has 0 atom stereocenters. The summed E-state index contributed by atoms with van der Waals surface area (Å²) in [6.07, 6.45) is 2.91. The zero-order chi connectivity index (χ0) is 25.0. The maximum absolute atomic E-state index is 13.0. The van der Waals surface area contributed by atoms with Crippen LogP contribution in [0.5, 0.6) is 0 Å². The highest BCUT2D eigenvalue weighted by molar-refractivity contribution is 6.04. The molecule has 2 aromatic rings. The topological polar surface area (TPSA) is 109 Å². The average Bonchev–Trinajstić information content (AvgIpc) is 3.39. The van der Waals surface area contributed by atoms with Gasteiger partial charge in [-0.1, -0.05) is 0 Å². The largest absolute Gasteiger partial charge is 0.462 e. The Morgan fingerprint density at radius 3 is 2.29 bits per heavy atom. The number of nitrogens with one attached hydrogen (secondary N) is 3. The van der Waals surface area contributed by atoms with E-state index < -0.39 is 12.0 Å². The van der Waals surface area contributed by atoms with E-state index in [1.54, 1.807) is 43.3 Å². The lowest BCUT2D eigenvalue weighted by Gasteiger charge is -2.22. The third-order valence-corrected chi connectivity index (χ3v) is 5.55. The molecule has 1 aliphatic heterocycles. The van der Waals surface area contributed by atoms with E-state index in [0.717, 1.165) is 38.0 Å². The van der Waals surface area contributed by atoms with Crippen molar-refractivity contribution in [1.29, 1.82) is 0 Å². The summed E-state index contributed by atoms with van der Waals surface area (Å²) in [5.74, 6) is -0.590. The molecule has 35 heavy (non-hydrogen) atoms. The Morgan fingerprint density at radius 2 is 1.60 bits per heavy atom. The van der Waals surface area contributed by atoms with Gasteiger partial charge in [0.05, 0.1) is 17.7 Å². The maximum atomic E-state index is 13.0. The molecule has 1 saturated heterocycles. The Kier molecular flexibility index (Phi) is 9.92. The van der Waals surface area contributed by atoms with Crippen LogP contribution in [-0.4, -0.2) is 57.4 Å². The first-order valence-electron chi connectivity index (χ1n) is 12.1. The Hall–Kier alpha value is -3.59. The predicted molar refractivity (Wildman–Crippen MR) is 136 cm³/mol. The molecule has 9 nitrogen and oxygen atoms in total. The number of nitrogens with zero attached hydrogens (tertiary/aromatic N) is 1. The highest BCUT2D eigenvalue weighted by Crippen LogP contribution is 2.27. The Morgan fingerprint density at radius 1 is 0.914 bits per heavy atom. The molecule has 1 fully saturated rings. The standard InChI is InChI=1S/C26H34N4O5/c1-3-34-17-7-14-27-24(31)22-18-21(12-13-23(22)30-15-5-6-16-30)29-26(33)28-20-10-8-19(9-11-20)25(32)35-4-2/h8-13,18H,3-7,14-17H2,1-2H3,(H,27,31)(H2,28,29,33). The third kappa shape index (κ3) is 7.71. The minimum absolute atomic E-state index is 0.179. The first-order valence-corrected chi connectivity index (χ1v) is 12.1. The first kappa shape index (κ1) is 26.0. The van der Waals surface area contributed by atoms with Gasteiger partial charge in [-0.3, -0.25) is 4.79 Å². The van der Waals surface area contributed by atoms with E-state index in [1.165, 1.54) is 0 Å². The number of ether oxygens (including phenoxy) is 2. The highest BCUT2D eigenvalue weighted by atomic mass is 16.5. The summed E-state index contributed by atoms with van der Waals surface area (Å²) in [6.45, 7) is 7.54. The second kappa shape index (κ2) is 13.3. The van der Waals surface area contributed by atoms with E-state index in [4.69, 9.17) is 9.47 Å². The van der Waals surface area contributed by atoms with Gasteiger partial charge >= 0.3 is 12.0 Å². The Labute approximate surface area is 206 Å². The summed E-state index contributed by atoms with van der Waals surface area (Å²) >= 11 is 0. The van der Waals surface area contributed by atoms with Crippen molar-refractivity contribution in [2.75, 3.05) is 55.0 Å². The highest BCUT2D eigenvalue weighted by Gasteiger charge is 2.20. The van der Waals surface area contributed by atoms with Gasteiger partial charge in [0.15, 0.2) is 0 Å². The number of rotatable bonds is 11. The molecule has 188 valence electrons. The number of carbonyl (C=O) groups is 3. The van der Waals surface area contributed by atoms with Crippen molar-refractivity contribution in [3.63, 3.8) is 0 Å². The fourth-order valence-electron chi connectivity index (χ4n) is 3.84. The summed E-state index contributed by atoms with van der Waals surface area (Å²) in [6, 6.07) is 11.4. The van der Waals surface area contributed by atoms with Gasteiger partial charge in [-0.05, 0) is 75.6 Å². The van der Waals surface area contributed by atoms with Gasteiger partial charge in [-0.2, -0.15) is 0 Å². The van der Waals surface area contributed by atoms with Gasteiger partial charge in [-0.25, -0.2) is 9.59 Å². The van der Waals surface area contributed by atoms with E-state index in [2.05, 4.69) is 20.9 Å². The molecule has 3 amide bonds. The molecule has 0 unspecified atom stereocenters. The van der Waals surface area contributed by atoms with Crippen molar-refractivity contribution in [2.24, 2.45) is 0 Å². The molecule has 0 bridgehead atoms. The van der Waals surface area contributed by atoms with Gasteiger partial charge in [0.1, 0.15) is 0 Å².